The molecule has 0 fully saturated rings. The van der Waals surface area contributed by atoms with Gasteiger partial charge in [-0.05, 0) is 29.3 Å². The minimum atomic E-state index is -0.693. The molecule has 0 saturated carbocycles. The van der Waals surface area contributed by atoms with Gasteiger partial charge in [0.2, 0.25) is 5.91 Å². The highest BCUT2D eigenvalue weighted by Gasteiger charge is 2.28. The molecule has 1 aromatic carbocycles. The Kier molecular flexibility index (Phi) is 3.57. The highest BCUT2D eigenvalue weighted by atomic mass is 35.5. The second-order valence-corrected chi connectivity index (χ2v) is 5.27. The van der Waals surface area contributed by atoms with Gasteiger partial charge in [0.15, 0.2) is 5.69 Å². The van der Waals surface area contributed by atoms with Crippen LogP contribution in [0.25, 0.3) is 0 Å². The Balaban J connectivity index is 1.76. The standard InChI is InChI=1S/C13H9Cl2N3O3/c14-7-2-1-6-3-9(11(19)16-8(6)4-7)17-12(20)10-5-21-13(15)18-10/h1-2,4-5,9H,3H2,(H,16,19)(H,17,20). The fourth-order valence-electron chi connectivity index (χ4n) is 2.08. The van der Waals surface area contributed by atoms with Gasteiger partial charge >= 0.3 is 0 Å². The maximum absolute atomic E-state index is 12.0. The molecule has 1 aromatic heterocycles. The van der Waals surface area contributed by atoms with Gasteiger partial charge < -0.3 is 15.1 Å². The quantitative estimate of drug-likeness (QED) is 0.887. The summed E-state index contributed by atoms with van der Waals surface area (Å²) < 4.78 is 4.75. The molecule has 2 heterocycles. The second kappa shape index (κ2) is 5.38. The van der Waals surface area contributed by atoms with E-state index in [0.717, 1.165) is 11.8 Å². The lowest BCUT2D eigenvalue weighted by Gasteiger charge is -2.25. The first-order valence-corrected chi connectivity index (χ1v) is 6.80. The fraction of sp³-hybridized carbons (Fsp3) is 0.154. The number of benzene rings is 1. The average molecular weight is 326 g/mol. The Morgan fingerprint density at radius 3 is 2.95 bits per heavy atom. The number of nitrogens with zero attached hydrogens (tertiary/aromatic N) is 1. The number of aromatic nitrogens is 1. The van der Waals surface area contributed by atoms with Crippen molar-refractivity contribution in [2.45, 2.75) is 12.5 Å². The van der Waals surface area contributed by atoms with Gasteiger partial charge in [0.1, 0.15) is 12.3 Å². The molecule has 21 heavy (non-hydrogen) atoms. The van der Waals surface area contributed by atoms with Crippen LogP contribution < -0.4 is 10.6 Å². The van der Waals surface area contributed by atoms with Gasteiger partial charge in [0, 0.05) is 17.1 Å². The third kappa shape index (κ3) is 2.86. The molecule has 1 aliphatic heterocycles. The molecular weight excluding hydrogens is 317 g/mol. The third-order valence-corrected chi connectivity index (χ3v) is 3.49. The molecule has 0 bridgehead atoms. The molecule has 1 aliphatic rings. The van der Waals surface area contributed by atoms with Gasteiger partial charge in [-0.15, -0.1) is 0 Å². The summed E-state index contributed by atoms with van der Waals surface area (Å²) in [5.74, 6) is -0.837. The van der Waals surface area contributed by atoms with Gasteiger partial charge in [-0.2, -0.15) is 4.98 Å². The van der Waals surface area contributed by atoms with Crippen LogP contribution in [0.3, 0.4) is 0 Å². The van der Waals surface area contributed by atoms with E-state index in [1.807, 2.05) is 6.07 Å². The predicted molar refractivity (Wildman–Crippen MR) is 76.6 cm³/mol. The van der Waals surface area contributed by atoms with Crippen molar-refractivity contribution in [2.75, 3.05) is 5.32 Å². The molecule has 1 atom stereocenters. The van der Waals surface area contributed by atoms with Crippen molar-refractivity contribution in [1.29, 1.82) is 0 Å². The zero-order valence-electron chi connectivity index (χ0n) is 10.5. The summed E-state index contributed by atoms with van der Waals surface area (Å²) in [5.41, 5.74) is 1.57. The molecule has 8 heteroatoms. The van der Waals surface area contributed by atoms with E-state index in [1.54, 1.807) is 12.1 Å². The molecule has 1 unspecified atom stereocenters. The Morgan fingerprint density at radius 1 is 1.43 bits per heavy atom. The Morgan fingerprint density at radius 2 is 2.24 bits per heavy atom. The summed E-state index contributed by atoms with van der Waals surface area (Å²) in [5, 5.41) is 5.70. The second-order valence-electron chi connectivity index (χ2n) is 4.51. The van der Waals surface area contributed by atoms with E-state index in [4.69, 9.17) is 27.6 Å². The Labute approximate surface area is 129 Å². The van der Waals surface area contributed by atoms with Crippen LogP contribution in [0.4, 0.5) is 5.69 Å². The topological polar surface area (TPSA) is 84.2 Å². The SMILES string of the molecule is O=C(NC1Cc2ccc(Cl)cc2NC1=O)c1coc(Cl)n1. The van der Waals surface area contributed by atoms with E-state index in [9.17, 15) is 9.59 Å². The first-order valence-electron chi connectivity index (χ1n) is 6.04. The van der Waals surface area contributed by atoms with Crippen LogP contribution in [0.2, 0.25) is 10.4 Å². The van der Waals surface area contributed by atoms with E-state index in [1.165, 1.54) is 0 Å². The molecule has 3 rings (SSSR count). The molecule has 0 spiro atoms. The minimum Gasteiger partial charge on any atom is -0.435 e. The van der Waals surface area contributed by atoms with Crippen molar-refractivity contribution in [1.82, 2.24) is 10.3 Å². The highest BCUT2D eigenvalue weighted by Crippen LogP contribution is 2.26. The largest absolute Gasteiger partial charge is 0.435 e. The maximum Gasteiger partial charge on any atom is 0.292 e. The minimum absolute atomic E-state index is 0.0229. The van der Waals surface area contributed by atoms with Crippen molar-refractivity contribution in [3.05, 3.63) is 46.1 Å². The number of fused-ring (bicyclic) bond motifs is 1. The van der Waals surface area contributed by atoms with Gasteiger partial charge in [-0.1, -0.05) is 17.7 Å². The number of rotatable bonds is 2. The van der Waals surface area contributed by atoms with Crippen LogP contribution in [-0.4, -0.2) is 22.8 Å². The Hall–Kier alpha value is -2.05. The van der Waals surface area contributed by atoms with Crippen LogP contribution in [0.5, 0.6) is 0 Å². The fourth-order valence-corrected chi connectivity index (χ4v) is 2.39. The maximum atomic E-state index is 12.0. The zero-order valence-corrected chi connectivity index (χ0v) is 12.0. The summed E-state index contributed by atoms with van der Waals surface area (Å²) in [6.07, 6.45) is 1.50. The van der Waals surface area contributed by atoms with Gasteiger partial charge in [0.25, 0.3) is 11.3 Å². The molecule has 0 aliphatic carbocycles. The number of nitrogens with one attached hydrogen (secondary N) is 2. The van der Waals surface area contributed by atoms with Crippen molar-refractivity contribution >= 4 is 40.7 Å². The summed E-state index contributed by atoms with van der Waals surface area (Å²) >= 11 is 11.4. The predicted octanol–water partition coefficient (Wildman–Crippen LogP) is 2.27. The Bertz CT molecular complexity index is 729. The lowest BCUT2D eigenvalue weighted by atomic mass is 9.99. The number of oxazole rings is 1. The van der Waals surface area contributed by atoms with Crippen LogP contribution >= 0.6 is 23.2 Å². The summed E-state index contributed by atoms with van der Waals surface area (Å²) in [7, 11) is 0. The normalized spacial score (nSPS) is 17.0. The monoisotopic (exact) mass is 325 g/mol. The summed E-state index contributed by atoms with van der Waals surface area (Å²) in [4.78, 5) is 27.6. The zero-order chi connectivity index (χ0) is 15.0. The van der Waals surface area contributed by atoms with Crippen molar-refractivity contribution in [3.63, 3.8) is 0 Å². The smallest absolute Gasteiger partial charge is 0.292 e. The molecule has 108 valence electrons. The number of hydrogen-bond donors (Lipinski definition) is 2. The van der Waals surface area contributed by atoms with Crippen LogP contribution in [0, 0.1) is 0 Å². The number of hydrogen-bond acceptors (Lipinski definition) is 4. The molecule has 6 nitrogen and oxygen atoms in total. The molecule has 2 aromatic rings. The number of carbonyl (C=O) groups excluding carboxylic acids is 2. The van der Waals surface area contributed by atoms with E-state index in [-0.39, 0.29) is 17.0 Å². The number of anilines is 1. The van der Waals surface area contributed by atoms with E-state index in [0.29, 0.717) is 17.1 Å². The lowest BCUT2D eigenvalue weighted by Crippen LogP contribution is -2.47. The molecule has 2 amide bonds. The first kappa shape index (κ1) is 13.9. The third-order valence-electron chi connectivity index (χ3n) is 3.08. The lowest BCUT2D eigenvalue weighted by molar-refractivity contribution is -0.118. The summed E-state index contributed by atoms with van der Waals surface area (Å²) in [6.45, 7) is 0. The van der Waals surface area contributed by atoms with Crippen LogP contribution in [0.15, 0.2) is 28.9 Å². The van der Waals surface area contributed by atoms with Crippen molar-refractivity contribution in [2.24, 2.45) is 0 Å². The number of carbonyl (C=O) groups is 2. The number of halogens is 2. The number of amides is 2. The van der Waals surface area contributed by atoms with Crippen molar-refractivity contribution in [3.8, 4) is 0 Å². The van der Waals surface area contributed by atoms with Crippen LogP contribution in [-0.2, 0) is 11.2 Å². The van der Waals surface area contributed by atoms with Crippen molar-refractivity contribution < 1.29 is 14.0 Å². The molecular formula is C13H9Cl2N3O3. The van der Waals surface area contributed by atoms with E-state index >= 15 is 0 Å². The molecule has 2 N–H and O–H groups in total. The highest BCUT2D eigenvalue weighted by molar-refractivity contribution is 6.31. The van der Waals surface area contributed by atoms with Gasteiger partial charge in [-0.3, -0.25) is 9.59 Å². The average Bonchev–Trinajstić information content (AvgIpc) is 2.86. The first-order chi connectivity index (χ1) is 10.0. The van der Waals surface area contributed by atoms with Crippen LogP contribution in [0.1, 0.15) is 16.1 Å². The molecule has 0 radical (unpaired) electrons. The molecule has 0 saturated heterocycles. The van der Waals surface area contributed by atoms with E-state index < -0.39 is 11.9 Å². The van der Waals surface area contributed by atoms with E-state index in [2.05, 4.69) is 15.6 Å². The summed E-state index contributed by atoms with van der Waals surface area (Å²) in [6, 6.07) is 4.52. The van der Waals surface area contributed by atoms with Gasteiger partial charge in [-0.25, -0.2) is 0 Å². The van der Waals surface area contributed by atoms with Gasteiger partial charge in [0.05, 0.1) is 0 Å².